The molecule has 6 rings (SSSR count). The minimum absolute atomic E-state index is 0.151. The summed E-state index contributed by atoms with van der Waals surface area (Å²) in [6, 6.07) is 24.9. The van der Waals surface area contributed by atoms with Gasteiger partial charge in [0.1, 0.15) is 16.9 Å². The van der Waals surface area contributed by atoms with Crippen LogP contribution in [0.25, 0.3) is 22.3 Å². The summed E-state index contributed by atoms with van der Waals surface area (Å²) in [5.74, 6) is -0.529. The Balaban J connectivity index is 1.18. The molecule has 0 saturated heterocycles. The van der Waals surface area contributed by atoms with E-state index in [0.29, 0.717) is 39.8 Å². The Morgan fingerprint density at radius 2 is 1.70 bits per heavy atom. The van der Waals surface area contributed by atoms with Crippen molar-refractivity contribution in [2.45, 2.75) is 37.8 Å². The molecule has 3 aromatic heterocycles. The van der Waals surface area contributed by atoms with Crippen LogP contribution in [-0.2, 0) is 17.9 Å². The van der Waals surface area contributed by atoms with E-state index in [1.165, 1.54) is 28.5 Å². The molecule has 1 atom stereocenters. The highest BCUT2D eigenvalue weighted by atomic mass is 32.2. The van der Waals surface area contributed by atoms with Crippen molar-refractivity contribution in [3.63, 3.8) is 0 Å². The Hall–Kier alpha value is -4.32. The van der Waals surface area contributed by atoms with Gasteiger partial charge in [0, 0.05) is 28.8 Å². The van der Waals surface area contributed by atoms with Crippen LogP contribution in [0.2, 0.25) is 0 Å². The monoisotopic (exact) mass is 627 g/mol. The number of aromatic nitrogens is 5. The third-order valence-electron chi connectivity index (χ3n) is 7.02. The number of ether oxygens (including phenoxy) is 1. The Morgan fingerprint density at radius 1 is 0.909 bits per heavy atom. The van der Waals surface area contributed by atoms with E-state index in [1.54, 1.807) is 30.5 Å². The van der Waals surface area contributed by atoms with Gasteiger partial charge in [-0.15, -0.1) is 0 Å². The fraction of sp³-hybridized carbons (Fsp3) is 0.182. The molecule has 0 radical (unpaired) electrons. The summed E-state index contributed by atoms with van der Waals surface area (Å²) in [6.45, 7) is 2.18. The summed E-state index contributed by atoms with van der Waals surface area (Å²) in [5, 5.41) is 0.528. The molecular formula is C33H27F2N5O2S2. The number of aryl methyl sites for hydroxylation is 1. The molecule has 3 aromatic carbocycles. The van der Waals surface area contributed by atoms with Crippen LogP contribution >= 0.6 is 23.5 Å². The summed E-state index contributed by atoms with van der Waals surface area (Å²) < 4.78 is 45.1. The first-order valence-corrected chi connectivity index (χ1v) is 15.6. The van der Waals surface area contributed by atoms with Crippen molar-refractivity contribution in [2.24, 2.45) is 0 Å². The van der Waals surface area contributed by atoms with Gasteiger partial charge in [0.25, 0.3) is 5.56 Å². The third kappa shape index (κ3) is 7.07. The highest BCUT2D eigenvalue weighted by Crippen LogP contribution is 2.28. The largest absolute Gasteiger partial charge is 0.369 e. The molecule has 1 unspecified atom stereocenters. The SMILES string of the molecule is Cc1cc(-c2cc(F)c(=O)n(Cc3ccc4nsnc4c3)c2)nc(SCCC(OCc2ccccc2F)c2ccccc2)n1. The predicted molar refractivity (Wildman–Crippen MR) is 169 cm³/mol. The first-order chi connectivity index (χ1) is 21.4. The average molecular weight is 628 g/mol. The molecule has 3 heterocycles. The first kappa shape index (κ1) is 29.7. The van der Waals surface area contributed by atoms with E-state index in [1.807, 2.05) is 55.5 Å². The van der Waals surface area contributed by atoms with E-state index in [0.717, 1.165) is 33.9 Å². The van der Waals surface area contributed by atoms with Crippen molar-refractivity contribution in [3.05, 3.63) is 135 Å². The van der Waals surface area contributed by atoms with Gasteiger partial charge in [-0.25, -0.2) is 18.7 Å². The fourth-order valence-electron chi connectivity index (χ4n) is 4.81. The van der Waals surface area contributed by atoms with Gasteiger partial charge in [0.15, 0.2) is 11.0 Å². The average Bonchev–Trinajstić information content (AvgIpc) is 3.50. The Bertz CT molecular complexity index is 1970. The second-order valence-electron chi connectivity index (χ2n) is 10.2. The third-order valence-corrected chi connectivity index (χ3v) is 8.46. The van der Waals surface area contributed by atoms with Crippen LogP contribution in [-0.4, -0.2) is 29.0 Å². The molecule has 0 aliphatic heterocycles. The molecule has 7 nitrogen and oxygen atoms in total. The molecule has 44 heavy (non-hydrogen) atoms. The van der Waals surface area contributed by atoms with Gasteiger partial charge in [-0.3, -0.25) is 4.79 Å². The van der Waals surface area contributed by atoms with Crippen molar-refractivity contribution in [3.8, 4) is 11.3 Å². The normalized spacial score (nSPS) is 12.1. The van der Waals surface area contributed by atoms with Crippen LogP contribution in [0.15, 0.2) is 101 Å². The van der Waals surface area contributed by atoms with Crippen LogP contribution < -0.4 is 5.56 Å². The van der Waals surface area contributed by atoms with E-state index in [2.05, 4.69) is 13.7 Å². The van der Waals surface area contributed by atoms with E-state index in [4.69, 9.17) is 9.72 Å². The predicted octanol–water partition coefficient (Wildman–Crippen LogP) is 7.39. The maximum atomic E-state index is 14.9. The molecule has 0 spiro atoms. The van der Waals surface area contributed by atoms with E-state index >= 15 is 0 Å². The molecule has 0 fully saturated rings. The van der Waals surface area contributed by atoms with Crippen LogP contribution in [0.5, 0.6) is 0 Å². The maximum Gasteiger partial charge on any atom is 0.286 e. The topological polar surface area (TPSA) is 82.8 Å². The van der Waals surface area contributed by atoms with Gasteiger partial charge in [-0.1, -0.05) is 66.4 Å². The molecular weight excluding hydrogens is 601 g/mol. The molecule has 0 aliphatic carbocycles. The summed E-state index contributed by atoms with van der Waals surface area (Å²) in [5.41, 5.74) is 4.81. The Labute approximate surface area is 260 Å². The van der Waals surface area contributed by atoms with Crippen LogP contribution in [0, 0.1) is 18.6 Å². The molecule has 0 amide bonds. The summed E-state index contributed by atoms with van der Waals surface area (Å²) >= 11 is 2.58. The zero-order chi connectivity index (χ0) is 30.5. The number of nitrogens with zero attached hydrogens (tertiary/aromatic N) is 5. The maximum absolute atomic E-state index is 14.9. The van der Waals surface area contributed by atoms with Crippen molar-refractivity contribution in [1.82, 2.24) is 23.3 Å². The van der Waals surface area contributed by atoms with Gasteiger partial charge in [0.2, 0.25) is 0 Å². The van der Waals surface area contributed by atoms with Crippen molar-refractivity contribution in [1.29, 1.82) is 0 Å². The van der Waals surface area contributed by atoms with Gasteiger partial charge in [-0.2, -0.15) is 8.75 Å². The molecule has 0 N–H and O–H groups in total. The second kappa shape index (κ2) is 13.5. The van der Waals surface area contributed by atoms with Gasteiger partial charge in [0.05, 0.1) is 36.7 Å². The van der Waals surface area contributed by atoms with E-state index < -0.39 is 11.4 Å². The minimum atomic E-state index is -0.859. The second-order valence-corrected chi connectivity index (χ2v) is 11.8. The number of thioether (sulfide) groups is 1. The summed E-state index contributed by atoms with van der Waals surface area (Å²) in [6.07, 6.45) is 1.99. The summed E-state index contributed by atoms with van der Waals surface area (Å²) in [7, 11) is 0. The van der Waals surface area contributed by atoms with Gasteiger partial charge in [-0.05, 0) is 54.8 Å². The number of fused-ring (bicyclic) bond motifs is 1. The minimum Gasteiger partial charge on any atom is -0.369 e. The lowest BCUT2D eigenvalue weighted by molar-refractivity contribution is 0.0364. The van der Waals surface area contributed by atoms with Crippen molar-refractivity contribution < 1.29 is 13.5 Å². The molecule has 222 valence electrons. The highest BCUT2D eigenvalue weighted by molar-refractivity contribution is 7.99. The summed E-state index contributed by atoms with van der Waals surface area (Å²) in [4.78, 5) is 22.0. The number of halogens is 2. The lowest BCUT2D eigenvalue weighted by atomic mass is 10.1. The number of pyridine rings is 1. The van der Waals surface area contributed by atoms with E-state index in [-0.39, 0.29) is 25.1 Å². The smallest absolute Gasteiger partial charge is 0.286 e. The van der Waals surface area contributed by atoms with Crippen LogP contribution in [0.4, 0.5) is 8.78 Å². The highest BCUT2D eigenvalue weighted by Gasteiger charge is 2.16. The number of hydrogen-bond donors (Lipinski definition) is 0. The van der Waals surface area contributed by atoms with Crippen molar-refractivity contribution >= 4 is 34.5 Å². The van der Waals surface area contributed by atoms with Crippen LogP contribution in [0.1, 0.15) is 34.9 Å². The molecule has 0 saturated carbocycles. The quantitative estimate of drug-likeness (QED) is 0.109. The lowest BCUT2D eigenvalue weighted by Crippen LogP contribution is -2.23. The standard InChI is InChI=1S/C33H27F2N5O2S2/c1-21-15-29(25-17-27(35)32(41)40(19-25)18-22-11-12-28-30(16-22)39-44-38-28)37-33(36-21)43-14-13-31(23-7-3-2-4-8-23)42-20-24-9-5-6-10-26(24)34/h2-12,15-17,19,31H,13-14,18,20H2,1H3. The van der Waals surface area contributed by atoms with Gasteiger partial charge >= 0.3 is 0 Å². The molecule has 0 bridgehead atoms. The Morgan fingerprint density at radius 3 is 2.55 bits per heavy atom. The fourth-order valence-corrected chi connectivity index (χ4v) is 6.21. The number of rotatable bonds is 11. The zero-order valence-electron chi connectivity index (χ0n) is 23.7. The zero-order valence-corrected chi connectivity index (χ0v) is 25.3. The first-order valence-electron chi connectivity index (χ1n) is 13.9. The molecule has 0 aliphatic rings. The molecule has 6 aromatic rings. The number of benzene rings is 3. The van der Waals surface area contributed by atoms with Crippen LogP contribution in [0.3, 0.4) is 0 Å². The van der Waals surface area contributed by atoms with Gasteiger partial charge < -0.3 is 9.30 Å². The van der Waals surface area contributed by atoms with Crippen molar-refractivity contribution in [2.75, 3.05) is 5.75 Å². The van der Waals surface area contributed by atoms with E-state index in [9.17, 15) is 13.6 Å². The Kier molecular flexibility index (Phi) is 9.15. The molecule has 11 heteroatoms. The number of hydrogen-bond acceptors (Lipinski definition) is 8. The lowest BCUT2D eigenvalue weighted by Gasteiger charge is -2.18.